The summed E-state index contributed by atoms with van der Waals surface area (Å²) >= 11 is 0. The van der Waals surface area contributed by atoms with Gasteiger partial charge in [0.15, 0.2) is 0 Å². The van der Waals surface area contributed by atoms with E-state index < -0.39 is 0 Å². The summed E-state index contributed by atoms with van der Waals surface area (Å²) in [6.45, 7) is 4.67. The highest BCUT2D eigenvalue weighted by Crippen LogP contribution is 2.14. The van der Waals surface area contributed by atoms with Gasteiger partial charge in [0.2, 0.25) is 0 Å². The van der Waals surface area contributed by atoms with Crippen LogP contribution < -0.4 is 5.32 Å². The monoisotopic (exact) mass is 315 g/mol. The number of piperidine rings is 1. The number of aromatic nitrogens is 3. The van der Waals surface area contributed by atoms with E-state index in [1.54, 1.807) is 12.1 Å². The molecule has 1 aliphatic heterocycles. The molecule has 2 aromatic rings. The second kappa shape index (κ2) is 7.57. The van der Waals surface area contributed by atoms with E-state index in [0.717, 1.165) is 44.0 Å². The van der Waals surface area contributed by atoms with Crippen LogP contribution in [0.25, 0.3) is 0 Å². The van der Waals surface area contributed by atoms with Crippen molar-refractivity contribution in [2.24, 2.45) is 5.92 Å². The van der Waals surface area contributed by atoms with Crippen molar-refractivity contribution in [2.45, 2.75) is 32.5 Å². The molecule has 23 heavy (non-hydrogen) atoms. The zero-order valence-electron chi connectivity index (χ0n) is 13.6. The molecule has 124 valence electrons. The number of phenolic OH excluding ortho intramolecular Hbond substituents is 1. The summed E-state index contributed by atoms with van der Waals surface area (Å²) in [6, 6.07) is 7.37. The zero-order valence-corrected chi connectivity index (χ0v) is 13.6. The van der Waals surface area contributed by atoms with E-state index >= 15 is 0 Å². The van der Waals surface area contributed by atoms with Crippen molar-refractivity contribution >= 4 is 0 Å². The average molecular weight is 315 g/mol. The van der Waals surface area contributed by atoms with Crippen LogP contribution in [0.1, 0.15) is 24.1 Å². The van der Waals surface area contributed by atoms with Gasteiger partial charge >= 0.3 is 0 Å². The van der Waals surface area contributed by atoms with Crippen LogP contribution in [0.5, 0.6) is 5.75 Å². The van der Waals surface area contributed by atoms with Gasteiger partial charge in [-0.15, -0.1) is 5.10 Å². The fraction of sp³-hybridized carbons (Fsp3) is 0.529. The van der Waals surface area contributed by atoms with Gasteiger partial charge < -0.3 is 10.4 Å². The molecule has 1 aromatic heterocycles. The Morgan fingerprint density at radius 2 is 2.30 bits per heavy atom. The number of aromatic hydroxyl groups is 1. The van der Waals surface area contributed by atoms with Crippen molar-refractivity contribution in [1.29, 1.82) is 0 Å². The quantitative estimate of drug-likeness (QED) is 0.848. The summed E-state index contributed by atoms with van der Waals surface area (Å²) in [5.41, 5.74) is 2.07. The first-order valence-corrected chi connectivity index (χ1v) is 8.25. The topological polar surface area (TPSA) is 66.2 Å². The molecule has 3 rings (SSSR count). The summed E-state index contributed by atoms with van der Waals surface area (Å²) in [7, 11) is 2.05. The molecule has 0 saturated carbocycles. The fourth-order valence-electron chi connectivity index (χ4n) is 3.14. The lowest BCUT2D eigenvalue weighted by Gasteiger charge is -2.22. The fourth-order valence-corrected chi connectivity index (χ4v) is 3.14. The Bertz CT molecular complexity index is 621. The number of benzene rings is 1. The first-order chi connectivity index (χ1) is 11.2. The summed E-state index contributed by atoms with van der Waals surface area (Å²) in [4.78, 5) is 2.17. The lowest BCUT2D eigenvalue weighted by atomic mass is 10.00. The number of hydrogen-bond donors (Lipinski definition) is 2. The van der Waals surface area contributed by atoms with Crippen molar-refractivity contribution in [3.05, 3.63) is 41.7 Å². The SMILES string of the molecule is CN(Cc1cccc(O)c1)Cc1cn(CC2CCCNC2)nn1. The van der Waals surface area contributed by atoms with Gasteiger partial charge in [-0.25, -0.2) is 0 Å². The third-order valence-electron chi connectivity index (χ3n) is 4.23. The van der Waals surface area contributed by atoms with E-state index in [1.807, 2.05) is 30.1 Å². The lowest BCUT2D eigenvalue weighted by Crippen LogP contribution is -2.32. The summed E-state index contributed by atoms with van der Waals surface area (Å²) in [5, 5.41) is 21.5. The molecule has 2 heterocycles. The zero-order chi connectivity index (χ0) is 16.1. The van der Waals surface area contributed by atoms with E-state index in [1.165, 1.54) is 12.8 Å². The highest BCUT2D eigenvalue weighted by molar-refractivity contribution is 5.26. The molecule has 0 spiro atoms. The molecule has 0 amide bonds. The molecule has 1 unspecified atom stereocenters. The highest BCUT2D eigenvalue weighted by atomic mass is 16.3. The van der Waals surface area contributed by atoms with Crippen LogP contribution in [0.3, 0.4) is 0 Å². The Labute approximate surface area is 137 Å². The molecule has 0 bridgehead atoms. The van der Waals surface area contributed by atoms with Crippen molar-refractivity contribution in [3.8, 4) is 5.75 Å². The molecular formula is C17H25N5O. The van der Waals surface area contributed by atoms with E-state index in [2.05, 4.69) is 20.5 Å². The van der Waals surface area contributed by atoms with E-state index in [-0.39, 0.29) is 0 Å². The molecule has 1 atom stereocenters. The molecular weight excluding hydrogens is 290 g/mol. The van der Waals surface area contributed by atoms with Gasteiger partial charge in [0, 0.05) is 25.8 Å². The van der Waals surface area contributed by atoms with Crippen LogP contribution >= 0.6 is 0 Å². The van der Waals surface area contributed by atoms with Crippen molar-refractivity contribution in [3.63, 3.8) is 0 Å². The minimum atomic E-state index is 0.308. The molecule has 1 aliphatic rings. The third kappa shape index (κ3) is 4.77. The van der Waals surface area contributed by atoms with Crippen molar-refractivity contribution in [2.75, 3.05) is 20.1 Å². The minimum absolute atomic E-state index is 0.308. The molecule has 1 fully saturated rings. The summed E-state index contributed by atoms with van der Waals surface area (Å²) in [6.07, 6.45) is 4.56. The van der Waals surface area contributed by atoms with Gasteiger partial charge in [-0.1, -0.05) is 17.3 Å². The third-order valence-corrected chi connectivity index (χ3v) is 4.23. The predicted octanol–water partition coefficient (Wildman–Crippen LogP) is 1.62. The van der Waals surface area contributed by atoms with Gasteiger partial charge in [0.1, 0.15) is 5.75 Å². The van der Waals surface area contributed by atoms with Crippen LogP contribution in [0.4, 0.5) is 0 Å². The molecule has 2 N–H and O–H groups in total. The Balaban J connectivity index is 1.51. The van der Waals surface area contributed by atoms with Gasteiger partial charge in [-0.3, -0.25) is 9.58 Å². The first-order valence-electron chi connectivity index (χ1n) is 8.25. The minimum Gasteiger partial charge on any atom is -0.508 e. The largest absolute Gasteiger partial charge is 0.508 e. The van der Waals surface area contributed by atoms with Crippen molar-refractivity contribution in [1.82, 2.24) is 25.2 Å². The second-order valence-corrected chi connectivity index (χ2v) is 6.49. The Morgan fingerprint density at radius 1 is 1.39 bits per heavy atom. The molecule has 0 radical (unpaired) electrons. The number of phenols is 1. The van der Waals surface area contributed by atoms with Crippen LogP contribution in [0, 0.1) is 5.92 Å². The number of nitrogens with one attached hydrogen (secondary N) is 1. The highest BCUT2D eigenvalue weighted by Gasteiger charge is 2.14. The molecule has 0 aliphatic carbocycles. The van der Waals surface area contributed by atoms with Crippen molar-refractivity contribution < 1.29 is 5.11 Å². The maximum Gasteiger partial charge on any atom is 0.115 e. The normalized spacial score (nSPS) is 18.4. The van der Waals surface area contributed by atoms with Crippen LogP contribution in [-0.4, -0.2) is 45.1 Å². The Morgan fingerprint density at radius 3 is 3.09 bits per heavy atom. The van der Waals surface area contributed by atoms with Gasteiger partial charge in [-0.2, -0.15) is 0 Å². The van der Waals surface area contributed by atoms with Crippen LogP contribution in [0.15, 0.2) is 30.5 Å². The maximum atomic E-state index is 9.53. The standard InChI is InChI=1S/C17H25N5O/c1-21(10-14-4-2-6-17(23)8-14)12-16-13-22(20-19-16)11-15-5-3-7-18-9-15/h2,4,6,8,13,15,18,23H,3,5,7,9-12H2,1H3. The number of rotatable bonds is 6. The van der Waals surface area contributed by atoms with Crippen LogP contribution in [0.2, 0.25) is 0 Å². The predicted molar refractivity (Wildman–Crippen MR) is 88.9 cm³/mol. The van der Waals surface area contributed by atoms with E-state index in [4.69, 9.17) is 0 Å². The van der Waals surface area contributed by atoms with Gasteiger partial charge in [0.25, 0.3) is 0 Å². The lowest BCUT2D eigenvalue weighted by molar-refractivity contribution is 0.314. The van der Waals surface area contributed by atoms with E-state index in [9.17, 15) is 5.11 Å². The summed E-state index contributed by atoms with van der Waals surface area (Å²) in [5.74, 6) is 0.964. The molecule has 6 heteroatoms. The van der Waals surface area contributed by atoms with Crippen LogP contribution in [-0.2, 0) is 19.6 Å². The Hall–Kier alpha value is -1.92. The molecule has 1 saturated heterocycles. The number of hydrogen-bond acceptors (Lipinski definition) is 5. The number of nitrogens with zero attached hydrogens (tertiary/aromatic N) is 4. The smallest absolute Gasteiger partial charge is 0.115 e. The maximum absolute atomic E-state index is 9.53. The van der Waals surface area contributed by atoms with E-state index in [0.29, 0.717) is 11.7 Å². The average Bonchev–Trinajstić information content (AvgIpc) is 2.95. The van der Waals surface area contributed by atoms with Gasteiger partial charge in [-0.05, 0) is 56.6 Å². The second-order valence-electron chi connectivity index (χ2n) is 6.49. The molecule has 1 aromatic carbocycles. The first kappa shape index (κ1) is 16.0. The van der Waals surface area contributed by atoms with Gasteiger partial charge in [0.05, 0.1) is 5.69 Å². The molecule has 6 nitrogen and oxygen atoms in total. The Kier molecular flexibility index (Phi) is 5.25. The summed E-state index contributed by atoms with van der Waals surface area (Å²) < 4.78 is 1.97.